The zero-order valence-electron chi connectivity index (χ0n) is 12.1. The van der Waals surface area contributed by atoms with Gasteiger partial charge < -0.3 is 15.0 Å². The van der Waals surface area contributed by atoms with Crippen LogP contribution in [0.5, 0.6) is 5.75 Å². The van der Waals surface area contributed by atoms with Gasteiger partial charge >= 0.3 is 0 Å². The molecular weight excluding hydrogens is 260 g/mol. The van der Waals surface area contributed by atoms with Crippen molar-refractivity contribution in [2.75, 3.05) is 26.0 Å². The van der Waals surface area contributed by atoms with E-state index in [0.29, 0.717) is 18.0 Å². The van der Waals surface area contributed by atoms with Crippen LogP contribution in [-0.4, -0.2) is 37.7 Å². The molecule has 4 heteroatoms. The summed E-state index contributed by atoms with van der Waals surface area (Å²) >= 11 is 6.26. The van der Waals surface area contributed by atoms with E-state index < -0.39 is 0 Å². The fourth-order valence-corrected chi connectivity index (χ4v) is 2.86. The minimum atomic E-state index is 0.454. The molecule has 106 valence electrons. The van der Waals surface area contributed by atoms with Gasteiger partial charge in [0.05, 0.1) is 17.8 Å². The highest BCUT2D eigenvalue weighted by molar-refractivity contribution is 6.33. The maximum absolute atomic E-state index is 6.26. The van der Waals surface area contributed by atoms with E-state index in [0.717, 1.165) is 29.4 Å². The van der Waals surface area contributed by atoms with Gasteiger partial charge in [0, 0.05) is 24.7 Å². The number of anilines is 1. The smallest absolute Gasteiger partial charge is 0.121 e. The molecule has 3 atom stereocenters. The van der Waals surface area contributed by atoms with Crippen LogP contribution in [0.4, 0.5) is 5.69 Å². The minimum absolute atomic E-state index is 0.454. The molecule has 1 heterocycles. The summed E-state index contributed by atoms with van der Waals surface area (Å²) in [7, 11) is 3.86. The third-order valence-corrected chi connectivity index (χ3v) is 4.45. The quantitative estimate of drug-likeness (QED) is 0.918. The lowest BCUT2D eigenvalue weighted by atomic mass is 9.89. The van der Waals surface area contributed by atoms with E-state index >= 15 is 0 Å². The number of nitrogens with one attached hydrogen (secondary N) is 1. The van der Waals surface area contributed by atoms with Crippen LogP contribution in [0.3, 0.4) is 0 Å². The Balaban J connectivity index is 2.12. The molecule has 2 rings (SSSR count). The number of rotatable bonds is 3. The van der Waals surface area contributed by atoms with E-state index in [2.05, 4.69) is 31.1 Å². The van der Waals surface area contributed by atoms with Crippen LogP contribution in [0, 0.1) is 5.92 Å². The summed E-state index contributed by atoms with van der Waals surface area (Å²) < 4.78 is 5.26. The third-order valence-electron chi connectivity index (χ3n) is 4.12. The summed E-state index contributed by atoms with van der Waals surface area (Å²) in [6.45, 7) is 5.67. The van der Waals surface area contributed by atoms with Crippen molar-refractivity contribution in [1.82, 2.24) is 4.90 Å². The Labute approximate surface area is 120 Å². The lowest BCUT2D eigenvalue weighted by Gasteiger charge is -2.40. The van der Waals surface area contributed by atoms with Gasteiger partial charge in [-0.05, 0) is 38.4 Å². The van der Waals surface area contributed by atoms with Crippen LogP contribution in [0.2, 0.25) is 5.02 Å². The van der Waals surface area contributed by atoms with Gasteiger partial charge in [-0.2, -0.15) is 0 Å². The predicted octanol–water partition coefficient (Wildman–Crippen LogP) is 3.49. The fourth-order valence-electron chi connectivity index (χ4n) is 2.68. The van der Waals surface area contributed by atoms with Gasteiger partial charge in [0.25, 0.3) is 0 Å². The molecule has 0 aromatic heterocycles. The van der Waals surface area contributed by atoms with Crippen molar-refractivity contribution < 1.29 is 4.74 Å². The largest absolute Gasteiger partial charge is 0.497 e. The standard InChI is InChI=1S/C15H23ClN2O/c1-10-9-18(3)11(2)7-14(10)17-15-8-12(19-4)5-6-13(15)16/h5-6,8,10-11,14,17H,7,9H2,1-4H3. The molecule has 0 aliphatic carbocycles. The van der Waals surface area contributed by atoms with Gasteiger partial charge in [0.15, 0.2) is 0 Å². The number of hydrogen-bond acceptors (Lipinski definition) is 3. The minimum Gasteiger partial charge on any atom is -0.497 e. The van der Waals surface area contributed by atoms with Crippen LogP contribution in [-0.2, 0) is 0 Å². The van der Waals surface area contributed by atoms with E-state index in [9.17, 15) is 0 Å². The molecule has 3 unspecified atom stereocenters. The molecule has 0 spiro atoms. The highest BCUT2D eigenvalue weighted by Crippen LogP contribution is 2.30. The van der Waals surface area contributed by atoms with E-state index in [1.807, 2.05) is 18.2 Å². The van der Waals surface area contributed by atoms with Crippen LogP contribution >= 0.6 is 11.6 Å². The molecule has 1 saturated heterocycles. The Morgan fingerprint density at radius 2 is 2.11 bits per heavy atom. The molecule has 0 saturated carbocycles. The lowest BCUT2D eigenvalue weighted by molar-refractivity contribution is 0.145. The van der Waals surface area contributed by atoms with Crippen molar-refractivity contribution in [2.24, 2.45) is 5.92 Å². The molecule has 1 aliphatic heterocycles. The van der Waals surface area contributed by atoms with Crippen LogP contribution in [0.25, 0.3) is 0 Å². The Morgan fingerprint density at radius 3 is 2.79 bits per heavy atom. The number of ether oxygens (including phenoxy) is 1. The molecule has 3 nitrogen and oxygen atoms in total. The van der Waals surface area contributed by atoms with E-state index in [1.165, 1.54) is 0 Å². The van der Waals surface area contributed by atoms with Gasteiger partial charge in [-0.3, -0.25) is 0 Å². The maximum atomic E-state index is 6.26. The average molecular weight is 283 g/mol. The number of likely N-dealkylation sites (tertiary alicyclic amines) is 1. The Hall–Kier alpha value is -0.930. The van der Waals surface area contributed by atoms with Gasteiger partial charge in [-0.1, -0.05) is 18.5 Å². The molecule has 1 N–H and O–H groups in total. The van der Waals surface area contributed by atoms with Gasteiger partial charge in [0.1, 0.15) is 5.75 Å². The molecule has 1 aliphatic rings. The van der Waals surface area contributed by atoms with Crippen LogP contribution < -0.4 is 10.1 Å². The van der Waals surface area contributed by atoms with Crippen LogP contribution in [0.15, 0.2) is 18.2 Å². The second-order valence-electron chi connectivity index (χ2n) is 5.60. The molecule has 1 fully saturated rings. The number of methoxy groups -OCH3 is 1. The zero-order valence-corrected chi connectivity index (χ0v) is 12.9. The topological polar surface area (TPSA) is 24.5 Å². The van der Waals surface area contributed by atoms with Crippen molar-refractivity contribution in [3.63, 3.8) is 0 Å². The molecule has 1 aromatic carbocycles. The van der Waals surface area contributed by atoms with Gasteiger partial charge in [-0.15, -0.1) is 0 Å². The summed E-state index contributed by atoms with van der Waals surface area (Å²) in [6.07, 6.45) is 1.13. The Kier molecular flexibility index (Phi) is 4.58. The van der Waals surface area contributed by atoms with Gasteiger partial charge in [0.2, 0.25) is 0 Å². The number of halogens is 1. The van der Waals surface area contributed by atoms with Crippen molar-refractivity contribution in [3.05, 3.63) is 23.2 Å². The highest BCUT2D eigenvalue weighted by atomic mass is 35.5. The molecule has 0 amide bonds. The van der Waals surface area contributed by atoms with Crippen molar-refractivity contribution >= 4 is 17.3 Å². The second-order valence-corrected chi connectivity index (χ2v) is 6.01. The van der Waals surface area contributed by atoms with E-state index in [4.69, 9.17) is 16.3 Å². The maximum Gasteiger partial charge on any atom is 0.121 e. The van der Waals surface area contributed by atoms with E-state index in [1.54, 1.807) is 7.11 Å². The summed E-state index contributed by atoms with van der Waals surface area (Å²) in [5.41, 5.74) is 0.967. The second kappa shape index (κ2) is 6.02. The highest BCUT2D eigenvalue weighted by Gasteiger charge is 2.29. The first-order valence-corrected chi connectivity index (χ1v) is 7.19. The lowest BCUT2D eigenvalue weighted by Crippen LogP contribution is -2.48. The first-order chi connectivity index (χ1) is 9.01. The monoisotopic (exact) mass is 282 g/mol. The van der Waals surface area contributed by atoms with Crippen molar-refractivity contribution in [3.8, 4) is 5.75 Å². The summed E-state index contributed by atoms with van der Waals surface area (Å²) in [6, 6.07) is 6.78. The van der Waals surface area contributed by atoms with Crippen LogP contribution in [0.1, 0.15) is 20.3 Å². The molecule has 1 aromatic rings. The zero-order chi connectivity index (χ0) is 14.0. The SMILES string of the molecule is COc1ccc(Cl)c(NC2CC(C)N(C)CC2C)c1. The summed E-state index contributed by atoms with van der Waals surface area (Å²) in [5, 5.41) is 4.34. The molecular formula is C15H23ClN2O. The first kappa shape index (κ1) is 14.5. The fraction of sp³-hybridized carbons (Fsp3) is 0.600. The third kappa shape index (κ3) is 3.34. The summed E-state index contributed by atoms with van der Waals surface area (Å²) in [4.78, 5) is 2.41. The number of piperidine rings is 1. The molecule has 0 bridgehead atoms. The van der Waals surface area contributed by atoms with Gasteiger partial charge in [-0.25, -0.2) is 0 Å². The Morgan fingerprint density at radius 1 is 1.37 bits per heavy atom. The van der Waals surface area contributed by atoms with E-state index in [-0.39, 0.29) is 0 Å². The molecule has 19 heavy (non-hydrogen) atoms. The Bertz CT molecular complexity index is 438. The number of nitrogens with zero attached hydrogens (tertiary/aromatic N) is 1. The molecule has 0 radical (unpaired) electrons. The normalized spacial score (nSPS) is 28.2. The number of benzene rings is 1. The first-order valence-electron chi connectivity index (χ1n) is 6.81. The predicted molar refractivity (Wildman–Crippen MR) is 81.3 cm³/mol. The number of hydrogen-bond donors (Lipinski definition) is 1. The summed E-state index contributed by atoms with van der Waals surface area (Å²) in [5.74, 6) is 1.43. The van der Waals surface area contributed by atoms with Crippen molar-refractivity contribution in [1.29, 1.82) is 0 Å². The average Bonchev–Trinajstić information content (AvgIpc) is 2.38. The van der Waals surface area contributed by atoms with Crippen molar-refractivity contribution in [2.45, 2.75) is 32.4 Å².